The molecule has 1 aliphatic heterocycles. The van der Waals surface area contributed by atoms with Gasteiger partial charge in [0.2, 0.25) is 5.91 Å². The first kappa shape index (κ1) is 18.0. The quantitative estimate of drug-likeness (QED) is 0.862. The summed E-state index contributed by atoms with van der Waals surface area (Å²) in [4.78, 5) is 14.6. The highest BCUT2D eigenvalue weighted by molar-refractivity contribution is 5.81. The Balaban J connectivity index is 1.36. The van der Waals surface area contributed by atoms with Crippen LogP contribution < -0.4 is 0 Å². The fraction of sp³-hybridized carbons (Fsp3) is 0.696. The molecule has 1 unspecified atom stereocenters. The molecule has 4 rings (SSSR count). The third-order valence-corrected chi connectivity index (χ3v) is 7.01. The van der Waals surface area contributed by atoms with Crippen molar-refractivity contribution in [2.45, 2.75) is 76.7 Å². The van der Waals surface area contributed by atoms with Gasteiger partial charge in [0.25, 0.3) is 0 Å². The van der Waals surface area contributed by atoms with Crippen LogP contribution in [0.1, 0.15) is 76.8 Å². The van der Waals surface area contributed by atoms with Crippen LogP contribution in [0, 0.1) is 11.3 Å². The summed E-state index contributed by atoms with van der Waals surface area (Å²) in [5.74, 6) is 0.974. The summed E-state index contributed by atoms with van der Waals surface area (Å²) < 4.78 is 0. The molecule has 1 saturated heterocycles. The summed E-state index contributed by atoms with van der Waals surface area (Å²) >= 11 is 0. The highest BCUT2D eigenvalue weighted by atomic mass is 16.3. The zero-order valence-electron chi connectivity index (χ0n) is 16.7. The molecule has 1 spiro atoms. The van der Waals surface area contributed by atoms with Crippen molar-refractivity contribution in [3.05, 3.63) is 35.4 Å². The van der Waals surface area contributed by atoms with Crippen LogP contribution in [0.3, 0.4) is 0 Å². The van der Waals surface area contributed by atoms with Crippen molar-refractivity contribution in [1.29, 1.82) is 0 Å². The summed E-state index contributed by atoms with van der Waals surface area (Å²) in [5.41, 5.74) is 2.83. The van der Waals surface area contributed by atoms with E-state index in [-0.39, 0.29) is 17.2 Å². The molecule has 1 atom stereocenters. The summed E-state index contributed by atoms with van der Waals surface area (Å²) in [6, 6.07) is 9.14. The maximum atomic E-state index is 12.6. The van der Waals surface area contributed by atoms with Crippen molar-refractivity contribution in [2.24, 2.45) is 11.3 Å². The molecular weight excluding hydrogens is 322 g/mol. The van der Waals surface area contributed by atoms with Crippen LogP contribution in [0.5, 0.6) is 0 Å². The van der Waals surface area contributed by atoms with Crippen LogP contribution in [-0.2, 0) is 10.2 Å². The van der Waals surface area contributed by atoms with Crippen molar-refractivity contribution >= 4 is 5.91 Å². The number of nitrogens with zero attached hydrogens (tertiary/aromatic N) is 1. The number of hydrogen-bond donors (Lipinski definition) is 1. The fourth-order valence-electron chi connectivity index (χ4n) is 5.39. The van der Waals surface area contributed by atoms with Crippen LogP contribution in [0.2, 0.25) is 0 Å². The number of hydrogen-bond acceptors (Lipinski definition) is 2. The second-order valence-corrected chi connectivity index (χ2v) is 10.6. The molecule has 26 heavy (non-hydrogen) atoms. The smallest absolute Gasteiger partial charge is 0.225 e. The van der Waals surface area contributed by atoms with Gasteiger partial charge >= 0.3 is 0 Å². The van der Waals surface area contributed by atoms with E-state index >= 15 is 0 Å². The Hall–Kier alpha value is -1.35. The molecule has 142 valence electrons. The molecule has 1 N–H and O–H groups in total. The van der Waals surface area contributed by atoms with E-state index in [0.29, 0.717) is 24.2 Å². The highest BCUT2D eigenvalue weighted by Crippen LogP contribution is 2.53. The summed E-state index contributed by atoms with van der Waals surface area (Å²) in [6.45, 7) is 10.5. The Kier molecular flexibility index (Phi) is 4.04. The van der Waals surface area contributed by atoms with Crippen molar-refractivity contribution in [3.63, 3.8) is 0 Å². The van der Waals surface area contributed by atoms with Gasteiger partial charge in [0.15, 0.2) is 0 Å². The van der Waals surface area contributed by atoms with Gasteiger partial charge in [-0.05, 0) is 61.5 Å². The fourth-order valence-corrected chi connectivity index (χ4v) is 5.39. The minimum atomic E-state index is -0.612. The largest absolute Gasteiger partial charge is 0.390 e. The molecule has 3 heteroatoms. The Morgan fingerprint density at radius 3 is 2.50 bits per heavy atom. The lowest BCUT2D eigenvalue weighted by Crippen LogP contribution is -2.61. The summed E-state index contributed by atoms with van der Waals surface area (Å²) in [7, 11) is 0. The van der Waals surface area contributed by atoms with E-state index in [9.17, 15) is 9.90 Å². The first-order valence-electron chi connectivity index (χ1n) is 10.2. The molecule has 0 aromatic heterocycles. The molecule has 0 radical (unpaired) electrons. The topological polar surface area (TPSA) is 40.5 Å². The Morgan fingerprint density at radius 2 is 1.88 bits per heavy atom. The molecule has 3 nitrogen and oxygen atoms in total. The number of amides is 1. The second kappa shape index (κ2) is 5.82. The van der Waals surface area contributed by atoms with Crippen molar-refractivity contribution in [2.75, 3.05) is 13.1 Å². The van der Waals surface area contributed by atoms with Gasteiger partial charge in [0, 0.05) is 24.4 Å². The van der Waals surface area contributed by atoms with Crippen LogP contribution >= 0.6 is 0 Å². The van der Waals surface area contributed by atoms with Gasteiger partial charge in [-0.25, -0.2) is 0 Å². The predicted molar refractivity (Wildman–Crippen MR) is 104 cm³/mol. The first-order chi connectivity index (χ1) is 12.1. The second-order valence-electron chi connectivity index (χ2n) is 10.6. The zero-order chi connectivity index (χ0) is 18.7. The first-order valence-corrected chi connectivity index (χ1v) is 10.2. The van der Waals surface area contributed by atoms with Crippen molar-refractivity contribution < 1.29 is 9.90 Å². The third-order valence-electron chi connectivity index (χ3n) is 7.01. The molecule has 1 aromatic carbocycles. The molecule has 3 fully saturated rings. The van der Waals surface area contributed by atoms with E-state index < -0.39 is 5.60 Å². The molecule has 1 aromatic rings. The van der Waals surface area contributed by atoms with Gasteiger partial charge in [-0.2, -0.15) is 0 Å². The molecule has 2 aliphatic carbocycles. The van der Waals surface area contributed by atoms with Gasteiger partial charge < -0.3 is 10.0 Å². The Morgan fingerprint density at radius 1 is 1.19 bits per heavy atom. The average Bonchev–Trinajstić information content (AvgIpc) is 2.95. The predicted octanol–water partition coefficient (Wildman–Crippen LogP) is 4.24. The number of benzene rings is 1. The minimum absolute atomic E-state index is 0.0583. The lowest BCUT2D eigenvalue weighted by molar-refractivity contribution is -0.161. The van der Waals surface area contributed by atoms with Gasteiger partial charge in [-0.15, -0.1) is 0 Å². The number of rotatable bonds is 2. The van der Waals surface area contributed by atoms with Crippen LogP contribution in [0.15, 0.2) is 24.3 Å². The maximum Gasteiger partial charge on any atom is 0.225 e. The normalized spacial score (nSPS) is 33.0. The average molecular weight is 356 g/mol. The molecule has 1 amide bonds. The van der Waals surface area contributed by atoms with Gasteiger partial charge in [-0.1, -0.05) is 45.0 Å². The van der Waals surface area contributed by atoms with Crippen LogP contribution in [0.4, 0.5) is 0 Å². The van der Waals surface area contributed by atoms with E-state index in [1.54, 1.807) is 0 Å². The maximum absolute atomic E-state index is 12.6. The van der Waals surface area contributed by atoms with Crippen LogP contribution in [-0.4, -0.2) is 34.6 Å². The number of carbonyl (C=O) groups excluding carboxylic acids is 1. The van der Waals surface area contributed by atoms with E-state index in [2.05, 4.69) is 45.0 Å². The summed E-state index contributed by atoms with van der Waals surface area (Å²) in [6.07, 6.45) is 4.97. The number of carbonyl (C=O) groups is 1. The Bertz CT molecular complexity index is 701. The number of likely N-dealkylation sites (tertiary alicyclic amines) is 1. The van der Waals surface area contributed by atoms with E-state index in [4.69, 9.17) is 0 Å². The lowest BCUT2D eigenvalue weighted by atomic mass is 9.69. The van der Waals surface area contributed by atoms with E-state index in [1.165, 1.54) is 30.4 Å². The molecular formula is C23H33NO2. The molecule has 2 saturated carbocycles. The summed E-state index contributed by atoms with van der Waals surface area (Å²) in [5, 5.41) is 9.88. The standard InChI is InChI=1S/C23H33NO2/c1-21(2,3)19-7-5-6-16(10-19)17-8-9-23(13-17)14-24(15-23)20(25)18-11-22(4,26)12-18/h5-7,10,17-18,26H,8-9,11-15H2,1-4H3/t17?,18-,22+. The van der Waals surface area contributed by atoms with Gasteiger partial charge in [-0.3, -0.25) is 4.79 Å². The lowest BCUT2D eigenvalue weighted by Gasteiger charge is -2.52. The SMILES string of the molecule is CC(C)(C)c1cccc(C2CCC3(C2)CN(C(=O)[C@H]2C[C@@](C)(O)C2)C3)c1. The molecule has 0 bridgehead atoms. The minimum Gasteiger partial charge on any atom is -0.390 e. The molecule has 3 aliphatic rings. The van der Waals surface area contributed by atoms with E-state index in [1.807, 2.05) is 11.8 Å². The van der Waals surface area contributed by atoms with Crippen molar-refractivity contribution in [1.82, 2.24) is 4.90 Å². The van der Waals surface area contributed by atoms with Crippen LogP contribution in [0.25, 0.3) is 0 Å². The molecule has 1 heterocycles. The highest BCUT2D eigenvalue weighted by Gasteiger charge is 2.53. The number of aliphatic hydroxyl groups is 1. The van der Waals surface area contributed by atoms with Crippen molar-refractivity contribution in [3.8, 4) is 0 Å². The van der Waals surface area contributed by atoms with Gasteiger partial charge in [0.1, 0.15) is 0 Å². The monoisotopic (exact) mass is 355 g/mol. The van der Waals surface area contributed by atoms with Gasteiger partial charge in [0.05, 0.1) is 5.60 Å². The zero-order valence-corrected chi connectivity index (χ0v) is 16.7. The Labute approximate surface area is 157 Å². The van der Waals surface area contributed by atoms with E-state index in [0.717, 1.165) is 13.1 Å². The third kappa shape index (κ3) is 3.19.